The maximum atomic E-state index is 11.4. The van der Waals surface area contributed by atoms with Crippen LogP contribution < -0.4 is 10.6 Å². The molecule has 5 heteroatoms. The van der Waals surface area contributed by atoms with E-state index in [2.05, 4.69) is 10.6 Å². The van der Waals surface area contributed by atoms with Gasteiger partial charge in [0.1, 0.15) is 0 Å². The van der Waals surface area contributed by atoms with E-state index in [-0.39, 0.29) is 19.0 Å². The molecule has 0 bridgehead atoms. The van der Waals surface area contributed by atoms with E-state index in [4.69, 9.17) is 5.11 Å². The lowest BCUT2D eigenvalue weighted by Crippen LogP contribution is -2.39. The van der Waals surface area contributed by atoms with Gasteiger partial charge >= 0.3 is 12.0 Å². The molecule has 5 nitrogen and oxygen atoms in total. The second-order valence-corrected chi connectivity index (χ2v) is 5.12. The number of hydrogen-bond donors (Lipinski definition) is 3. The summed E-state index contributed by atoms with van der Waals surface area (Å²) in [7, 11) is 0. The fourth-order valence-electron chi connectivity index (χ4n) is 2.32. The SMILES string of the molecule is O=C(O)CCNC(=O)NCC(C1CC1)C1CC1. The number of urea groups is 1. The van der Waals surface area contributed by atoms with E-state index in [0.717, 1.165) is 18.4 Å². The third-order valence-electron chi connectivity index (χ3n) is 3.58. The third-order valence-corrected chi connectivity index (χ3v) is 3.58. The molecule has 2 amide bonds. The minimum absolute atomic E-state index is 0.0257. The predicted octanol–water partition coefficient (Wildman–Crippen LogP) is 1.20. The van der Waals surface area contributed by atoms with E-state index in [9.17, 15) is 9.59 Å². The molecule has 0 aromatic heterocycles. The molecule has 17 heavy (non-hydrogen) atoms. The Kier molecular flexibility index (Phi) is 3.86. The van der Waals surface area contributed by atoms with E-state index in [1.807, 2.05) is 0 Å². The smallest absolute Gasteiger partial charge is 0.314 e. The summed E-state index contributed by atoms with van der Waals surface area (Å²) >= 11 is 0. The maximum absolute atomic E-state index is 11.4. The van der Waals surface area contributed by atoms with Gasteiger partial charge in [-0.3, -0.25) is 4.79 Å². The first-order valence-corrected chi connectivity index (χ1v) is 6.40. The number of hydrogen-bond acceptors (Lipinski definition) is 2. The van der Waals surface area contributed by atoms with Crippen molar-refractivity contribution in [2.24, 2.45) is 17.8 Å². The van der Waals surface area contributed by atoms with Gasteiger partial charge in [-0.2, -0.15) is 0 Å². The van der Waals surface area contributed by atoms with Gasteiger partial charge in [0, 0.05) is 13.1 Å². The molecule has 0 radical (unpaired) electrons. The molecule has 0 spiro atoms. The first-order chi connectivity index (χ1) is 8.16. The van der Waals surface area contributed by atoms with Crippen molar-refractivity contribution in [2.75, 3.05) is 13.1 Å². The van der Waals surface area contributed by atoms with Crippen LogP contribution in [0.2, 0.25) is 0 Å². The van der Waals surface area contributed by atoms with Crippen molar-refractivity contribution in [1.29, 1.82) is 0 Å². The molecular formula is C12H20N2O3. The summed E-state index contributed by atoms with van der Waals surface area (Å²) in [6.45, 7) is 0.937. The average molecular weight is 240 g/mol. The van der Waals surface area contributed by atoms with Crippen molar-refractivity contribution in [3.8, 4) is 0 Å². The highest BCUT2D eigenvalue weighted by molar-refractivity contribution is 5.74. The van der Waals surface area contributed by atoms with Gasteiger partial charge in [0.05, 0.1) is 6.42 Å². The summed E-state index contributed by atoms with van der Waals surface area (Å²) in [5.41, 5.74) is 0. The third kappa shape index (κ3) is 4.24. The van der Waals surface area contributed by atoms with E-state index in [0.29, 0.717) is 5.92 Å². The molecule has 0 saturated heterocycles. The summed E-state index contributed by atoms with van der Waals surface area (Å²) in [5.74, 6) is 1.41. The summed E-state index contributed by atoms with van der Waals surface area (Å²) < 4.78 is 0. The zero-order valence-electron chi connectivity index (χ0n) is 9.95. The van der Waals surface area contributed by atoms with Gasteiger partial charge in [-0.1, -0.05) is 0 Å². The average Bonchev–Trinajstić information content (AvgIpc) is 3.12. The van der Waals surface area contributed by atoms with Crippen LogP contribution in [0.5, 0.6) is 0 Å². The second-order valence-electron chi connectivity index (χ2n) is 5.12. The molecular weight excluding hydrogens is 220 g/mol. The van der Waals surface area contributed by atoms with E-state index in [1.54, 1.807) is 0 Å². The minimum Gasteiger partial charge on any atom is -0.481 e. The summed E-state index contributed by atoms with van der Waals surface area (Å²) in [6.07, 6.45) is 5.21. The number of nitrogens with one attached hydrogen (secondary N) is 2. The van der Waals surface area contributed by atoms with E-state index >= 15 is 0 Å². The van der Waals surface area contributed by atoms with Gasteiger partial charge < -0.3 is 15.7 Å². The number of carboxylic acids is 1. The van der Waals surface area contributed by atoms with Crippen LogP contribution in [-0.2, 0) is 4.79 Å². The molecule has 0 unspecified atom stereocenters. The van der Waals surface area contributed by atoms with Crippen molar-refractivity contribution in [3.63, 3.8) is 0 Å². The Morgan fingerprint density at radius 1 is 1.12 bits per heavy atom. The fraction of sp³-hybridized carbons (Fsp3) is 0.833. The first-order valence-electron chi connectivity index (χ1n) is 6.40. The van der Waals surface area contributed by atoms with Crippen LogP contribution in [-0.4, -0.2) is 30.2 Å². The van der Waals surface area contributed by atoms with Gasteiger partial charge in [-0.15, -0.1) is 0 Å². The first kappa shape index (κ1) is 12.2. The van der Waals surface area contributed by atoms with Gasteiger partial charge in [-0.05, 0) is 43.4 Å². The molecule has 2 rings (SSSR count). The van der Waals surface area contributed by atoms with E-state index in [1.165, 1.54) is 25.7 Å². The highest BCUT2D eigenvalue weighted by Gasteiger charge is 2.41. The van der Waals surface area contributed by atoms with Crippen molar-refractivity contribution in [3.05, 3.63) is 0 Å². The van der Waals surface area contributed by atoms with Crippen LogP contribution in [0.3, 0.4) is 0 Å². The molecule has 0 aliphatic heterocycles. The van der Waals surface area contributed by atoms with Crippen molar-refractivity contribution < 1.29 is 14.7 Å². The van der Waals surface area contributed by atoms with Crippen LogP contribution in [0.1, 0.15) is 32.1 Å². The highest BCUT2D eigenvalue weighted by atomic mass is 16.4. The number of carbonyl (C=O) groups is 2. The number of amides is 2. The molecule has 0 atom stereocenters. The van der Waals surface area contributed by atoms with Crippen LogP contribution in [0.15, 0.2) is 0 Å². The number of rotatable bonds is 7. The predicted molar refractivity (Wildman–Crippen MR) is 62.6 cm³/mol. The lowest BCUT2D eigenvalue weighted by molar-refractivity contribution is -0.136. The zero-order valence-corrected chi connectivity index (χ0v) is 9.95. The maximum Gasteiger partial charge on any atom is 0.314 e. The molecule has 0 aromatic rings. The number of carboxylic acid groups (broad SMARTS) is 1. The molecule has 2 fully saturated rings. The standard InChI is InChI=1S/C12H20N2O3/c15-11(16)5-6-13-12(17)14-7-10(8-1-2-8)9-3-4-9/h8-10H,1-7H2,(H,15,16)(H2,13,14,17). The molecule has 2 aliphatic rings. The normalized spacial score (nSPS) is 19.1. The fourth-order valence-corrected chi connectivity index (χ4v) is 2.32. The Hall–Kier alpha value is -1.26. The highest BCUT2D eigenvalue weighted by Crippen LogP contribution is 2.48. The van der Waals surface area contributed by atoms with Crippen molar-refractivity contribution in [2.45, 2.75) is 32.1 Å². The number of aliphatic carboxylic acids is 1. The molecule has 0 aromatic carbocycles. The van der Waals surface area contributed by atoms with Crippen LogP contribution in [0.4, 0.5) is 4.79 Å². The van der Waals surface area contributed by atoms with Gasteiger partial charge in [0.15, 0.2) is 0 Å². The molecule has 96 valence electrons. The Labute approximate surface area is 101 Å². The largest absolute Gasteiger partial charge is 0.481 e. The topological polar surface area (TPSA) is 78.4 Å². The Balaban J connectivity index is 1.59. The summed E-state index contributed by atoms with van der Waals surface area (Å²) in [6, 6.07) is -0.238. The Bertz CT molecular complexity index is 286. The second kappa shape index (κ2) is 5.38. The molecule has 2 saturated carbocycles. The van der Waals surface area contributed by atoms with Gasteiger partial charge in [0.2, 0.25) is 0 Å². The quantitative estimate of drug-likeness (QED) is 0.625. The lowest BCUT2D eigenvalue weighted by atomic mass is 9.98. The van der Waals surface area contributed by atoms with Crippen molar-refractivity contribution in [1.82, 2.24) is 10.6 Å². The van der Waals surface area contributed by atoms with Crippen LogP contribution in [0.25, 0.3) is 0 Å². The monoisotopic (exact) mass is 240 g/mol. The van der Waals surface area contributed by atoms with Crippen LogP contribution >= 0.6 is 0 Å². The Morgan fingerprint density at radius 3 is 2.18 bits per heavy atom. The van der Waals surface area contributed by atoms with Gasteiger partial charge in [0.25, 0.3) is 0 Å². The van der Waals surface area contributed by atoms with E-state index < -0.39 is 5.97 Å². The molecule has 3 N–H and O–H groups in total. The van der Waals surface area contributed by atoms with Crippen molar-refractivity contribution >= 4 is 12.0 Å². The molecule has 2 aliphatic carbocycles. The summed E-state index contributed by atoms with van der Waals surface area (Å²) in [5, 5.41) is 13.8. The summed E-state index contributed by atoms with van der Waals surface area (Å²) in [4.78, 5) is 21.7. The zero-order chi connectivity index (χ0) is 12.3. The van der Waals surface area contributed by atoms with Gasteiger partial charge in [-0.25, -0.2) is 4.79 Å². The molecule has 0 heterocycles. The number of carbonyl (C=O) groups excluding carboxylic acids is 1. The van der Waals surface area contributed by atoms with Crippen LogP contribution in [0, 0.1) is 17.8 Å². The minimum atomic E-state index is -0.890. The lowest BCUT2D eigenvalue weighted by Gasteiger charge is -2.16. The Morgan fingerprint density at radius 2 is 1.71 bits per heavy atom.